The minimum absolute atomic E-state index is 0.00840. The van der Waals surface area contributed by atoms with E-state index in [9.17, 15) is 4.79 Å². The van der Waals surface area contributed by atoms with Gasteiger partial charge in [0.1, 0.15) is 0 Å². The van der Waals surface area contributed by atoms with Crippen LogP contribution in [0.4, 0.5) is 4.79 Å². The van der Waals surface area contributed by atoms with E-state index in [1.54, 1.807) is 30.5 Å². The summed E-state index contributed by atoms with van der Waals surface area (Å²) in [6.07, 6.45) is 6.04. The summed E-state index contributed by atoms with van der Waals surface area (Å²) < 4.78 is 0. The molecule has 3 unspecified atom stereocenters. The van der Waals surface area contributed by atoms with E-state index in [-0.39, 0.29) is 12.1 Å². The molecular weight excluding hydrogens is 324 g/mol. The maximum atomic E-state index is 12.6. The third-order valence-electron chi connectivity index (χ3n) is 4.47. The lowest BCUT2D eigenvalue weighted by Gasteiger charge is -2.24. The highest BCUT2D eigenvalue weighted by Crippen LogP contribution is 2.47. The van der Waals surface area contributed by atoms with Crippen molar-refractivity contribution in [1.29, 1.82) is 0 Å². The van der Waals surface area contributed by atoms with E-state index in [4.69, 9.17) is 11.6 Å². The molecule has 1 aromatic heterocycles. The summed E-state index contributed by atoms with van der Waals surface area (Å²) in [5.41, 5.74) is 1.85. The second kappa shape index (κ2) is 7.18. The first-order chi connectivity index (χ1) is 11.5. The van der Waals surface area contributed by atoms with Crippen molar-refractivity contribution >= 4 is 17.6 Å². The Morgan fingerprint density at radius 1 is 1.38 bits per heavy atom. The molecule has 3 rings (SSSR count). The average Bonchev–Trinajstić information content (AvgIpc) is 3.30. The van der Waals surface area contributed by atoms with Gasteiger partial charge in [0, 0.05) is 24.5 Å². The molecule has 0 radical (unpaired) electrons. The van der Waals surface area contributed by atoms with Gasteiger partial charge in [0.05, 0.1) is 24.5 Å². The number of halogens is 1. The summed E-state index contributed by atoms with van der Waals surface area (Å²) >= 11 is 5.98. The average molecular weight is 345 g/mol. The maximum Gasteiger partial charge on any atom is 0.317 e. The Hall–Kier alpha value is -2.14. The molecule has 1 saturated carbocycles. The van der Waals surface area contributed by atoms with Crippen molar-refractivity contribution in [1.82, 2.24) is 20.2 Å². The van der Waals surface area contributed by atoms with Crippen molar-refractivity contribution in [3.8, 4) is 0 Å². The lowest BCUT2D eigenvalue weighted by molar-refractivity contribution is 0.200. The molecule has 3 atom stereocenters. The van der Waals surface area contributed by atoms with Gasteiger partial charge in [-0.2, -0.15) is 0 Å². The van der Waals surface area contributed by atoms with E-state index in [2.05, 4.69) is 22.2 Å². The number of nitrogens with one attached hydrogen (secondary N) is 1. The Labute approximate surface area is 147 Å². The summed E-state index contributed by atoms with van der Waals surface area (Å²) in [6.45, 7) is 2.64. The van der Waals surface area contributed by atoms with E-state index in [0.29, 0.717) is 23.4 Å². The molecule has 1 aromatic carbocycles. The monoisotopic (exact) mass is 344 g/mol. The zero-order chi connectivity index (χ0) is 17.1. The lowest BCUT2D eigenvalue weighted by atomic mass is 10.0. The van der Waals surface area contributed by atoms with E-state index in [1.165, 1.54) is 0 Å². The molecule has 1 N–H and O–H groups in total. The number of nitrogens with zero attached hydrogens (tertiary/aromatic N) is 3. The summed E-state index contributed by atoms with van der Waals surface area (Å²) in [7, 11) is 1.76. The first kappa shape index (κ1) is 16.7. The highest BCUT2D eigenvalue weighted by molar-refractivity contribution is 6.30. The number of benzene rings is 1. The number of urea groups is 1. The Morgan fingerprint density at radius 2 is 2.08 bits per heavy atom. The topological polar surface area (TPSA) is 58.1 Å². The zero-order valence-electron chi connectivity index (χ0n) is 13.8. The zero-order valence-corrected chi connectivity index (χ0v) is 14.6. The van der Waals surface area contributed by atoms with Crippen LogP contribution in [-0.4, -0.2) is 27.9 Å². The van der Waals surface area contributed by atoms with Crippen LogP contribution in [-0.2, 0) is 6.54 Å². The number of hydrogen-bond acceptors (Lipinski definition) is 3. The second-order valence-corrected chi connectivity index (χ2v) is 6.84. The minimum atomic E-state index is -0.111. The quantitative estimate of drug-likeness (QED) is 0.900. The predicted molar refractivity (Wildman–Crippen MR) is 93.5 cm³/mol. The van der Waals surface area contributed by atoms with Crippen LogP contribution in [0.15, 0.2) is 42.9 Å². The summed E-state index contributed by atoms with van der Waals surface area (Å²) in [4.78, 5) is 22.4. The lowest BCUT2D eigenvalue weighted by Crippen LogP contribution is -2.40. The van der Waals surface area contributed by atoms with Crippen molar-refractivity contribution in [3.05, 3.63) is 59.1 Å². The molecule has 1 heterocycles. The van der Waals surface area contributed by atoms with Crippen LogP contribution in [0.5, 0.6) is 0 Å². The number of carbonyl (C=O) groups is 1. The van der Waals surface area contributed by atoms with E-state index < -0.39 is 0 Å². The Kier molecular flexibility index (Phi) is 5.00. The van der Waals surface area contributed by atoms with Crippen LogP contribution in [0.2, 0.25) is 5.02 Å². The van der Waals surface area contributed by atoms with Crippen molar-refractivity contribution in [3.63, 3.8) is 0 Å². The van der Waals surface area contributed by atoms with E-state index in [0.717, 1.165) is 17.7 Å². The largest absolute Gasteiger partial charge is 0.331 e. The summed E-state index contributed by atoms with van der Waals surface area (Å²) in [6, 6.07) is 7.61. The normalized spacial score (nSPS) is 20.3. The van der Waals surface area contributed by atoms with E-state index in [1.807, 2.05) is 24.3 Å². The molecule has 0 aliphatic heterocycles. The van der Waals surface area contributed by atoms with Gasteiger partial charge in [-0.1, -0.05) is 30.7 Å². The smallest absolute Gasteiger partial charge is 0.317 e. The highest BCUT2D eigenvalue weighted by Gasteiger charge is 2.41. The van der Waals surface area contributed by atoms with Crippen LogP contribution < -0.4 is 5.32 Å². The van der Waals surface area contributed by atoms with Gasteiger partial charge in [-0.15, -0.1) is 0 Å². The number of aromatic nitrogens is 2. The first-order valence-corrected chi connectivity index (χ1v) is 8.44. The van der Waals surface area contributed by atoms with Gasteiger partial charge in [-0.25, -0.2) is 4.79 Å². The number of amides is 2. The molecule has 0 saturated heterocycles. The van der Waals surface area contributed by atoms with Crippen LogP contribution in [0.25, 0.3) is 0 Å². The number of carbonyl (C=O) groups excluding carboxylic acids is 1. The molecule has 2 aromatic rings. The van der Waals surface area contributed by atoms with Gasteiger partial charge in [0.2, 0.25) is 0 Å². The number of rotatable bonds is 5. The molecule has 24 heavy (non-hydrogen) atoms. The standard InChI is InChI=1S/C18H21ClN4O/c1-12-9-16(12)17(13-3-5-14(19)6-4-13)22-18(24)23(2)11-15-10-20-7-8-21-15/h3-8,10,12,16-17H,9,11H2,1-2H3,(H,22,24). The van der Waals surface area contributed by atoms with E-state index >= 15 is 0 Å². The fraction of sp³-hybridized carbons (Fsp3) is 0.389. The van der Waals surface area contributed by atoms with Gasteiger partial charge >= 0.3 is 6.03 Å². The van der Waals surface area contributed by atoms with Crippen LogP contribution in [0, 0.1) is 11.8 Å². The molecule has 1 fully saturated rings. The molecule has 2 amide bonds. The molecule has 1 aliphatic rings. The second-order valence-electron chi connectivity index (χ2n) is 6.41. The third-order valence-corrected chi connectivity index (χ3v) is 4.72. The molecule has 126 valence electrons. The fourth-order valence-electron chi connectivity index (χ4n) is 2.89. The van der Waals surface area contributed by atoms with Gasteiger partial charge in [-0.05, 0) is 36.0 Å². The highest BCUT2D eigenvalue weighted by atomic mass is 35.5. The van der Waals surface area contributed by atoms with Gasteiger partial charge in [0.25, 0.3) is 0 Å². The molecule has 0 spiro atoms. The Morgan fingerprint density at radius 3 is 2.67 bits per heavy atom. The van der Waals surface area contributed by atoms with Crippen molar-refractivity contribution in [2.75, 3.05) is 7.05 Å². The van der Waals surface area contributed by atoms with Crippen LogP contribution in [0.3, 0.4) is 0 Å². The Bertz CT molecular complexity index is 692. The maximum absolute atomic E-state index is 12.6. The van der Waals surface area contributed by atoms with Crippen molar-refractivity contribution < 1.29 is 4.79 Å². The van der Waals surface area contributed by atoms with Gasteiger partial charge < -0.3 is 10.2 Å². The van der Waals surface area contributed by atoms with Crippen molar-refractivity contribution in [2.24, 2.45) is 11.8 Å². The predicted octanol–water partition coefficient (Wildman–Crippen LogP) is 3.67. The first-order valence-electron chi connectivity index (χ1n) is 8.06. The fourth-order valence-corrected chi connectivity index (χ4v) is 3.02. The third kappa shape index (κ3) is 4.03. The van der Waals surface area contributed by atoms with Gasteiger partial charge in [-0.3, -0.25) is 9.97 Å². The van der Waals surface area contributed by atoms with Crippen molar-refractivity contribution in [2.45, 2.75) is 25.9 Å². The Balaban J connectivity index is 1.68. The van der Waals surface area contributed by atoms with Crippen LogP contribution in [0.1, 0.15) is 30.6 Å². The van der Waals surface area contributed by atoms with Crippen LogP contribution >= 0.6 is 11.6 Å². The molecule has 0 bridgehead atoms. The molecule has 6 heteroatoms. The summed E-state index contributed by atoms with van der Waals surface area (Å²) in [5.74, 6) is 1.09. The molecular formula is C18H21ClN4O. The summed E-state index contributed by atoms with van der Waals surface area (Å²) in [5, 5.41) is 3.86. The number of hydrogen-bond donors (Lipinski definition) is 1. The molecule has 1 aliphatic carbocycles. The SMILES string of the molecule is CC1CC1C(NC(=O)N(C)Cc1cnccn1)c1ccc(Cl)cc1. The minimum Gasteiger partial charge on any atom is -0.331 e. The van der Waals surface area contributed by atoms with Gasteiger partial charge in [0.15, 0.2) is 0 Å². The molecule has 5 nitrogen and oxygen atoms in total.